The molecule has 0 radical (unpaired) electrons. The molecule has 3 aromatic rings. The van der Waals surface area contributed by atoms with Crippen molar-refractivity contribution in [2.24, 2.45) is 0 Å². The van der Waals surface area contributed by atoms with Gasteiger partial charge in [0.2, 0.25) is 0 Å². The molecular formula is C18H13ClF3NO2S. The normalized spacial score (nSPS) is 11.6. The van der Waals surface area contributed by atoms with Gasteiger partial charge in [0.25, 0.3) is 5.91 Å². The first kappa shape index (κ1) is 18.5. The predicted molar refractivity (Wildman–Crippen MR) is 95.9 cm³/mol. The third-order valence-corrected chi connectivity index (χ3v) is 5.22. The summed E-state index contributed by atoms with van der Waals surface area (Å²) in [5.41, 5.74) is 1.51. The maximum absolute atomic E-state index is 12.4. The van der Waals surface area contributed by atoms with E-state index in [1.807, 2.05) is 19.1 Å². The van der Waals surface area contributed by atoms with Crippen molar-refractivity contribution in [1.82, 2.24) is 5.32 Å². The molecule has 1 heterocycles. The van der Waals surface area contributed by atoms with Crippen molar-refractivity contribution in [3.63, 3.8) is 0 Å². The fraction of sp³-hybridized carbons (Fsp3) is 0.167. The lowest BCUT2D eigenvalue weighted by molar-refractivity contribution is -0.274. The minimum atomic E-state index is -4.72. The average Bonchev–Trinajstić information content (AvgIpc) is 2.89. The molecule has 8 heteroatoms. The zero-order valence-electron chi connectivity index (χ0n) is 13.5. The number of hydrogen-bond donors (Lipinski definition) is 1. The lowest BCUT2D eigenvalue weighted by Gasteiger charge is -2.09. The van der Waals surface area contributed by atoms with E-state index in [1.165, 1.54) is 35.6 Å². The number of fused-ring (bicyclic) bond motifs is 1. The number of carbonyl (C=O) groups is 1. The highest BCUT2D eigenvalue weighted by atomic mass is 35.5. The molecule has 1 N–H and O–H groups in total. The van der Waals surface area contributed by atoms with Gasteiger partial charge in [0.05, 0.1) is 4.88 Å². The maximum atomic E-state index is 12.4. The molecule has 0 aliphatic rings. The topological polar surface area (TPSA) is 38.3 Å². The van der Waals surface area contributed by atoms with Crippen LogP contribution in [0.5, 0.6) is 5.75 Å². The molecule has 0 aliphatic carbocycles. The molecule has 2 aromatic carbocycles. The first-order chi connectivity index (χ1) is 12.2. The van der Waals surface area contributed by atoms with Crippen LogP contribution >= 0.6 is 22.9 Å². The number of alkyl halides is 3. The molecule has 136 valence electrons. The number of carbonyl (C=O) groups excluding carboxylic acids is 1. The van der Waals surface area contributed by atoms with E-state index in [4.69, 9.17) is 11.6 Å². The van der Waals surface area contributed by atoms with Crippen LogP contribution in [0.1, 0.15) is 20.8 Å². The van der Waals surface area contributed by atoms with Crippen LogP contribution in [-0.4, -0.2) is 12.3 Å². The minimum Gasteiger partial charge on any atom is -0.406 e. The van der Waals surface area contributed by atoms with Crippen molar-refractivity contribution in [1.29, 1.82) is 0 Å². The van der Waals surface area contributed by atoms with Crippen LogP contribution in [-0.2, 0) is 6.54 Å². The van der Waals surface area contributed by atoms with Crippen LogP contribution in [0.25, 0.3) is 10.1 Å². The highest BCUT2D eigenvalue weighted by Crippen LogP contribution is 2.32. The first-order valence-corrected chi connectivity index (χ1v) is 8.74. The van der Waals surface area contributed by atoms with Gasteiger partial charge in [-0.15, -0.1) is 24.5 Å². The fourth-order valence-electron chi connectivity index (χ4n) is 2.48. The first-order valence-electron chi connectivity index (χ1n) is 7.54. The molecule has 0 unspecified atom stereocenters. The number of halogens is 4. The van der Waals surface area contributed by atoms with Crippen LogP contribution in [0.4, 0.5) is 13.2 Å². The number of rotatable bonds is 4. The molecule has 0 spiro atoms. The van der Waals surface area contributed by atoms with Gasteiger partial charge >= 0.3 is 6.36 Å². The molecule has 0 fully saturated rings. The monoisotopic (exact) mass is 399 g/mol. The summed E-state index contributed by atoms with van der Waals surface area (Å²) in [5, 5.41) is 4.31. The number of benzene rings is 2. The number of ether oxygens (including phenoxy) is 1. The Morgan fingerprint density at radius 3 is 2.54 bits per heavy atom. The smallest absolute Gasteiger partial charge is 0.406 e. The van der Waals surface area contributed by atoms with Gasteiger partial charge < -0.3 is 10.1 Å². The van der Waals surface area contributed by atoms with E-state index in [1.54, 1.807) is 6.07 Å². The Balaban J connectivity index is 1.68. The Labute approximate surface area is 156 Å². The van der Waals surface area contributed by atoms with Crippen molar-refractivity contribution in [2.45, 2.75) is 19.8 Å². The molecule has 0 saturated heterocycles. The van der Waals surface area contributed by atoms with E-state index < -0.39 is 6.36 Å². The van der Waals surface area contributed by atoms with Crippen LogP contribution in [0, 0.1) is 6.92 Å². The highest BCUT2D eigenvalue weighted by Gasteiger charge is 2.30. The van der Waals surface area contributed by atoms with Crippen LogP contribution in [0.15, 0.2) is 42.5 Å². The Morgan fingerprint density at radius 2 is 1.88 bits per heavy atom. The Bertz CT molecular complexity index is 951. The highest BCUT2D eigenvalue weighted by molar-refractivity contribution is 7.21. The van der Waals surface area contributed by atoms with Crippen LogP contribution in [0.2, 0.25) is 5.02 Å². The molecule has 3 nitrogen and oxygen atoms in total. The summed E-state index contributed by atoms with van der Waals surface area (Å²) in [6, 6.07) is 10.8. The lowest BCUT2D eigenvalue weighted by Crippen LogP contribution is -2.22. The van der Waals surface area contributed by atoms with Gasteiger partial charge in [-0.05, 0) is 53.8 Å². The third-order valence-electron chi connectivity index (χ3n) is 3.71. The maximum Gasteiger partial charge on any atom is 0.573 e. The van der Waals surface area contributed by atoms with Crippen molar-refractivity contribution in [2.75, 3.05) is 0 Å². The van der Waals surface area contributed by atoms with E-state index in [-0.39, 0.29) is 18.2 Å². The minimum absolute atomic E-state index is 0.194. The summed E-state index contributed by atoms with van der Waals surface area (Å²) in [6.07, 6.45) is -4.72. The van der Waals surface area contributed by atoms with Gasteiger partial charge in [-0.25, -0.2) is 0 Å². The number of nitrogens with one attached hydrogen (secondary N) is 1. The molecular weight excluding hydrogens is 387 g/mol. The van der Waals surface area contributed by atoms with Gasteiger partial charge in [0.15, 0.2) is 0 Å². The zero-order valence-corrected chi connectivity index (χ0v) is 15.1. The van der Waals surface area contributed by atoms with E-state index in [9.17, 15) is 18.0 Å². The Morgan fingerprint density at radius 1 is 1.19 bits per heavy atom. The largest absolute Gasteiger partial charge is 0.573 e. The Hall–Kier alpha value is -2.25. The molecule has 0 saturated carbocycles. The fourth-order valence-corrected chi connectivity index (χ4v) is 3.76. The van der Waals surface area contributed by atoms with Gasteiger partial charge in [-0.2, -0.15) is 0 Å². The van der Waals surface area contributed by atoms with Gasteiger partial charge in [-0.1, -0.05) is 23.7 Å². The standard InChI is InChI=1S/C18H13ClF3NO2S/c1-10-14-8-12(19)4-7-15(14)26-16(10)17(24)23-9-11-2-5-13(6-3-11)25-18(20,21)22/h2-8H,9H2,1H3,(H,23,24). The quantitative estimate of drug-likeness (QED) is 0.611. The molecule has 1 amide bonds. The van der Waals surface area contributed by atoms with E-state index in [0.29, 0.717) is 15.5 Å². The van der Waals surface area contributed by atoms with Gasteiger partial charge in [0.1, 0.15) is 5.75 Å². The molecule has 26 heavy (non-hydrogen) atoms. The SMILES string of the molecule is Cc1c(C(=O)NCc2ccc(OC(F)(F)F)cc2)sc2ccc(Cl)cc12. The second-order valence-corrected chi connectivity index (χ2v) is 7.06. The summed E-state index contributed by atoms with van der Waals surface area (Å²) in [4.78, 5) is 13.0. The molecule has 1 aromatic heterocycles. The molecule has 0 aliphatic heterocycles. The van der Waals surface area contributed by atoms with Crippen LogP contribution in [0.3, 0.4) is 0 Å². The van der Waals surface area contributed by atoms with Crippen molar-refractivity contribution < 1.29 is 22.7 Å². The number of thiophene rings is 1. The Kier molecular flexibility index (Phi) is 5.11. The van der Waals surface area contributed by atoms with E-state index in [0.717, 1.165) is 15.6 Å². The second kappa shape index (κ2) is 7.17. The van der Waals surface area contributed by atoms with E-state index >= 15 is 0 Å². The summed E-state index contributed by atoms with van der Waals surface area (Å²) < 4.78 is 41.2. The predicted octanol–water partition coefficient (Wildman–Crippen LogP) is 5.69. The van der Waals surface area contributed by atoms with Crippen molar-refractivity contribution in [3.05, 3.63) is 63.5 Å². The number of amides is 1. The second-order valence-electron chi connectivity index (χ2n) is 5.57. The summed E-state index contributed by atoms with van der Waals surface area (Å²) in [6.45, 7) is 2.05. The third kappa shape index (κ3) is 4.28. The average molecular weight is 400 g/mol. The van der Waals surface area contributed by atoms with Gasteiger partial charge in [0, 0.05) is 16.3 Å². The van der Waals surface area contributed by atoms with Crippen molar-refractivity contribution >= 4 is 38.9 Å². The summed E-state index contributed by atoms with van der Waals surface area (Å²) in [5.74, 6) is -0.541. The number of aryl methyl sites for hydroxylation is 1. The van der Waals surface area contributed by atoms with Gasteiger partial charge in [-0.3, -0.25) is 4.79 Å². The molecule has 3 rings (SSSR count). The summed E-state index contributed by atoms with van der Waals surface area (Å²) >= 11 is 7.37. The molecule has 0 atom stereocenters. The summed E-state index contributed by atoms with van der Waals surface area (Å²) in [7, 11) is 0. The molecule has 0 bridgehead atoms. The van der Waals surface area contributed by atoms with Crippen LogP contribution < -0.4 is 10.1 Å². The van der Waals surface area contributed by atoms with E-state index in [2.05, 4.69) is 10.1 Å². The zero-order chi connectivity index (χ0) is 18.9. The lowest BCUT2D eigenvalue weighted by atomic mass is 10.1. The number of hydrogen-bond acceptors (Lipinski definition) is 3. The van der Waals surface area contributed by atoms with Crippen molar-refractivity contribution in [3.8, 4) is 5.75 Å².